The number of likely N-dealkylation sites (N-methyl/N-ethyl adjacent to an activating group) is 1. The first-order chi connectivity index (χ1) is 10.4. The molecule has 0 atom stereocenters. The highest BCUT2D eigenvalue weighted by Crippen LogP contribution is 2.39. The lowest BCUT2D eigenvalue weighted by Gasteiger charge is -2.27. The monoisotopic (exact) mass is 341 g/mol. The first kappa shape index (κ1) is 15.0. The van der Waals surface area contributed by atoms with Crippen LogP contribution >= 0.6 is 23.2 Å². The fourth-order valence-electron chi connectivity index (χ4n) is 2.79. The van der Waals surface area contributed by atoms with Gasteiger partial charge in [0.15, 0.2) is 0 Å². The minimum absolute atomic E-state index is 0.0987. The maximum Gasteiger partial charge on any atom is 0.409 e. The van der Waals surface area contributed by atoms with Gasteiger partial charge < -0.3 is 14.6 Å². The number of halogens is 2. The lowest BCUT2D eigenvalue weighted by atomic mass is 10.2. The summed E-state index contributed by atoms with van der Waals surface area (Å²) in [7, 11) is 0. The molecule has 2 amide bonds. The largest absolute Gasteiger partial charge is 0.465 e. The number of nitrogens with one attached hydrogen (secondary N) is 1. The summed E-state index contributed by atoms with van der Waals surface area (Å²) in [5.41, 5.74) is 1.38. The molecule has 3 rings (SSSR count). The van der Waals surface area contributed by atoms with Crippen molar-refractivity contribution in [2.45, 2.75) is 13.5 Å². The molecule has 1 aromatic carbocycles. The van der Waals surface area contributed by atoms with E-state index >= 15 is 0 Å². The second-order valence-electron chi connectivity index (χ2n) is 4.98. The number of carboxylic acid groups (broad SMARTS) is 1. The van der Waals surface area contributed by atoms with Crippen LogP contribution in [0.3, 0.4) is 0 Å². The van der Waals surface area contributed by atoms with Crippen LogP contribution in [0.2, 0.25) is 10.0 Å². The van der Waals surface area contributed by atoms with E-state index in [1.54, 1.807) is 15.5 Å². The van der Waals surface area contributed by atoms with Gasteiger partial charge in [0, 0.05) is 25.0 Å². The number of nitrogens with zero attached hydrogens (tertiary/aromatic N) is 2. The topological polar surface area (TPSA) is 74.6 Å². The second-order valence-corrected chi connectivity index (χ2v) is 5.76. The molecule has 1 aliphatic heterocycles. The molecule has 0 spiro atoms. The van der Waals surface area contributed by atoms with Gasteiger partial charge >= 0.3 is 6.09 Å². The Labute approximate surface area is 136 Å². The molecule has 0 bridgehead atoms. The molecule has 0 unspecified atom stereocenters. The third kappa shape index (κ3) is 2.19. The molecule has 0 fully saturated rings. The molecule has 2 N–H and O–H groups in total. The Hall–Kier alpha value is -1.92. The number of hydrogen-bond donors (Lipinski definition) is 2. The zero-order valence-electron chi connectivity index (χ0n) is 11.7. The van der Waals surface area contributed by atoms with E-state index in [-0.39, 0.29) is 10.9 Å². The molecular formula is C14H13Cl2N3O3. The molecule has 2 heterocycles. The molecule has 6 nitrogen and oxygen atoms in total. The van der Waals surface area contributed by atoms with Gasteiger partial charge in [0.25, 0.3) is 5.91 Å². The number of fused-ring (bicyclic) bond motifs is 3. The van der Waals surface area contributed by atoms with Crippen LogP contribution in [-0.4, -0.2) is 39.7 Å². The fraction of sp³-hybridized carbons (Fsp3) is 0.286. The summed E-state index contributed by atoms with van der Waals surface area (Å²) in [6.45, 7) is 3.70. The van der Waals surface area contributed by atoms with Crippen molar-refractivity contribution in [1.82, 2.24) is 9.47 Å². The molecule has 0 saturated carbocycles. The van der Waals surface area contributed by atoms with Gasteiger partial charge in [-0.2, -0.15) is 0 Å². The van der Waals surface area contributed by atoms with E-state index < -0.39 is 6.09 Å². The van der Waals surface area contributed by atoms with Crippen LogP contribution in [0.25, 0.3) is 10.9 Å². The van der Waals surface area contributed by atoms with Crippen molar-refractivity contribution in [3.8, 4) is 0 Å². The predicted octanol–water partition coefficient (Wildman–Crippen LogP) is 3.51. The Morgan fingerprint density at radius 1 is 1.36 bits per heavy atom. The summed E-state index contributed by atoms with van der Waals surface area (Å²) in [6, 6.07) is 3.11. The van der Waals surface area contributed by atoms with Crippen molar-refractivity contribution < 1.29 is 14.7 Å². The highest BCUT2D eigenvalue weighted by molar-refractivity contribution is 6.45. The van der Waals surface area contributed by atoms with Gasteiger partial charge in [-0.05, 0) is 19.1 Å². The Kier molecular flexibility index (Phi) is 3.66. The molecule has 0 saturated heterocycles. The number of rotatable bonds is 2. The van der Waals surface area contributed by atoms with Crippen molar-refractivity contribution >= 4 is 51.8 Å². The Morgan fingerprint density at radius 3 is 2.73 bits per heavy atom. The van der Waals surface area contributed by atoms with Crippen LogP contribution in [0.5, 0.6) is 0 Å². The van der Waals surface area contributed by atoms with E-state index in [1.807, 2.05) is 6.92 Å². The minimum Gasteiger partial charge on any atom is -0.465 e. The molecule has 22 heavy (non-hydrogen) atoms. The first-order valence-corrected chi connectivity index (χ1v) is 7.50. The second kappa shape index (κ2) is 5.37. The van der Waals surface area contributed by atoms with E-state index in [4.69, 9.17) is 28.3 Å². The van der Waals surface area contributed by atoms with Gasteiger partial charge in [-0.25, -0.2) is 4.79 Å². The lowest BCUT2D eigenvalue weighted by Crippen LogP contribution is -2.39. The number of anilines is 1. The van der Waals surface area contributed by atoms with Gasteiger partial charge in [-0.1, -0.05) is 23.2 Å². The van der Waals surface area contributed by atoms with Crippen molar-refractivity contribution in [2.24, 2.45) is 0 Å². The van der Waals surface area contributed by atoms with Gasteiger partial charge in [0.1, 0.15) is 5.69 Å². The Bertz CT molecular complexity index is 800. The molecule has 1 aliphatic rings. The molecule has 116 valence electrons. The fourth-order valence-corrected chi connectivity index (χ4v) is 3.24. The number of hydrogen-bond acceptors (Lipinski definition) is 2. The zero-order chi connectivity index (χ0) is 16.0. The SMILES string of the molecule is CCN1CCn2c(cc3c(NC(=O)O)cc(Cl)c(Cl)c32)C1=O. The summed E-state index contributed by atoms with van der Waals surface area (Å²) in [4.78, 5) is 25.1. The van der Waals surface area contributed by atoms with E-state index in [0.29, 0.717) is 46.9 Å². The van der Waals surface area contributed by atoms with Crippen molar-refractivity contribution in [2.75, 3.05) is 18.4 Å². The molecule has 8 heteroatoms. The number of amides is 2. The maximum atomic E-state index is 12.4. The van der Waals surface area contributed by atoms with E-state index in [2.05, 4.69) is 5.32 Å². The van der Waals surface area contributed by atoms with Crippen molar-refractivity contribution in [1.29, 1.82) is 0 Å². The average molecular weight is 342 g/mol. The van der Waals surface area contributed by atoms with Gasteiger partial charge in [-0.15, -0.1) is 0 Å². The smallest absolute Gasteiger partial charge is 0.409 e. The molecule has 1 aromatic heterocycles. The predicted molar refractivity (Wildman–Crippen MR) is 85.2 cm³/mol. The molecular weight excluding hydrogens is 329 g/mol. The molecule has 0 radical (unpaired) electrons. The Balaban J connectivity index is 2.28. The number of carbonyl (C=O) groups excluding carboxylic acids is 1. The lowest BCUT2D eigenvalue weighted by molar-refractivity contribution is 0.0717. The first-order valence-electron chi connectivity index (χ1n) is 6.74. The van der Waals surface area contributed by atoms with Crippen LogP contribution in [-0.2, 0) is 6.54 Å². The third-order valence-corrected chi connectivity index (χ3v) is 4.58. The number of carbonyl (C=O) groups is 2. The van der Waals surface area contributed by atoms with Gasteiger partial charge in [-0.3, -0.25) is 10.1 Å². The standard InChI is InChI=1S/C14H13Cl2N3O3/c1-2-18-3-4-19-10(13(18)20)5-7-9(17-14(21)22)6-8(15)11(16)12(7)19/h5-6,17H,2-4H2,1H3,(H,21,22). The average Bonchev–Trinajstić information content (AvgIpc) is 2.85. The zero-order valence-corrected chi connectivity index (χ0v) is 13.2. The Morgan fingerprint density at radius 2 is 2.09 bits per heavy atom. The molecule has 2 aromatic rings. The highest BCUT2D eigenvalue weighted by Gasteiger charge is 2.28. The van der Waals surface area contributed by atoms with Crippen LogP contribution in [0.1, 0.15) is 17.4 Å². The normalized spacial score (nSPS) is 14.3. The van der Waals surface area contributed by atoms with Gasteiger partial charge in [0.2, 0.25) is 0 Å². The van der Waals surface area contributed by atoms with Gasteiger partial charge in [0.05, 0.1) is 21.2 Å². The quantitative estimate of drug-likeness (QED) is 0.877. The number of benzene rings is 1. The summed E-state index contributed by atoms with van der Waals surface area (Å²) in [5.74, 6) is -0.0987. The maximum absolute atomic E-state index is 12.4. The van der Waals surface area contributed by atoms with E-state index in [0.717, 1.165) is 0 Å². The third-order valence-electron chi connectivity index (χ3n) is 3.80. The van der Waals surface area contributed by atoms with Crippen molar-refractivity contribution in [3.63, 3.8) is 0 Å². The summed E-state index contributed by atoms with van der Waals surface area (Å²) in [5, 5.41) is 12.4. The highest BCUT2D eigenvalue weighted by atomic mass is 35.5. The summed E-state index contributed by atoms with van der Waals surface area (Å²) in [6.07, 6.45) is -1.20. The summed E-state index contributed by atoms with van der Waals surface area (Å²) >= 11 is 12.4. The van der Waals surface area contributed by atoms with Crippen LogP contribution in [0.4, 0.5) is 10.5 Å². The summed E-state index contributed by atoms with van der Waals surface area (Å²) < 4.78 is 1.80. The van der Waals surface area contributed by atoms with E-state index in [1.165, 1.54) is 6.07 Å². The number of aromatic nitrogens is 1. The van der Waals surface area contributed by atoms with Crippen LogP contribution in [0, 0.1) is 0 Å². The van der Waals surface area contributed by atoms with Crippen LogP contribution in [0.15, 0.2) is 12.1 Å². The minimum atomic E-state index is -1.20. The van der Waals surface area contributed by atoms with E-state index in [9.17, 15) is 9.59 Å². The van der Waals surface area contributed by atoms with Crippen molar-refractivity contribution in [3.05, 3.63) is 27.9 Å². The van der Waals surface area contributed by atoms with Crippen LogP contribution < -0.4 is 5.32 Å². The molecule has 0 aliphatic carbocycles.